The number of aromatic nitrogens is 1. The molecule has 1 heterocycles. The van der Waals surface area contributed by atoms with Crippen LogP contribution in [0, 0.1) is 18.8 Å². The highest BCUT2D eigenvalue weighted by molar-refractivity contribution is 5.74. The molecular weight excluding hydrogens is 278 g/mol. The Kier molecular flexibility index (Phi) is 6.35. The third-order valence-corrected chi connectivity index (χ3v) is 4.15. The molecular formula is C17H29N3O2. The second kappa shape index (κ2) is 7.58. The molecule has 2 atom stereocenters. The van der Waals surface area contributed by atoms with Crippen molar-refractivity contribution >= 4 is 6.03 Å². The van der Waals surface area contributed by atoms with E-state index in [-0.39, 0.29) is 30.5 Å². The number of carbonyl (C=O) groups is 1. The van der Waals surface area contributed by atoms with Crippen LogP contribution < -0.4 is 10.6 Å². The van der Waals surface area contributed by atoms with Crippen LogP contribution in [0.1, 0.15) is 51.9 Å². The van der Waals surface area contributed by atoms with Crippen molar-refractivity contribution in [3.05, 3.63) is 29.6 Å². The standard InChI is InChI=1S/C17H29N3O2/c1-11(2)14(15-13(5)8-7-9-18-15)20-16(21)19-10-17(6,22)12(3)4/h7-9,11-12,14,22H,10H2,1-6H3,(H2,19,20,21). The zero-order valence-electron chi connectivity index (χ0n) is 14.5. The molecule has 0 fully saturated rings. The summed E-state index contributed by atoms with van der Waals surface area (Å²) in [6.07, 6.45) is 1.74. The summed E-state index contributed by atoms with van der Waals surface area (Å²) >= 11 is 0. The highest BCUT2D eigenvalue weighted by Gasteiger charge is 2.26. The fourth-order valence-electron chi connectivity index (χ4n) is 2.03. The lowest BCUT2D eigenvalue weighted by Crippen LogP contribution is -2.48. The van der Waals surface area contributed by atoms with Gasteiger partial charge in [-0.25, -0.2) is 4.79 Å². The summed E-state index contributed by atoms with van der Waals surface area (Å²) in [7, 11) is 0. The van der Waals surface area contributed by atoms with Gasteiger partial charge in [0.15, 0.2) is 0 Å². The van der Waals surface area contributed by atoms with Crippen molar-refractivity contribution in [2.24, 2.45) is 11.8 Å². The lowest BCUT2D eigenvalue weighted by molar-refractivity contribution is 0.0165. The van der Waals surface area contributed by atoms with Crippen LogP contribution in [0.2, 0.25) is 0 Å². The van der Waals surface area contributed by atoms with Gasteiger partial charge < -0.3 is 15.7 Å². The molecule has 22 heavy (non-hydrogen) atoms. The number of nitrogens with one attached hydrogen (secondary N) is 2. The summed E-state index contributed by atoms with van der Waals surface area (Å²) < 4.78 is 0. The lowest BCUT2D eigenvalue weighted by atomic mass is 9.93. The van der Waals surface area contributed by atoms with Crippen molar-refractivity contribution in [1.29, 1.82) is 0 Å². The van der Waals surface area contributed by atoms with Crippen molar-refractivity contribution in [3.63, 3.8) is 0 Å². The number of nitrogens with zero attached hydrogens (tertiary/aromatic N) is 1. The number of hydrogen-bond donors (Lipinski definition) is 3. The number of pyridine rings is 1. The molecule has 0 saturated heterocycles. The molecule has 0 saturated carbocycles. The molecule has 0 bridgehead atoms. The Hall–Kier alpha value is -1.62. The van der Waals surface area contributed by atoms with Crippen molar-refractivity contribution in [3.8, 4) is 0 Å². The van der Waals surface area contributed by atoms with Gasteiger partial charge in [0, 0.05) is 12.7 Å². The number of aryl methyl sites for hydroxylation is 1. The van der Waals surface area contributed by atoms with Gasteiger partial charge >= 0.3 is 6.03 Å². The highest BCUT2D eigenvalue weighted by atomic mass is 16.3. The molecule has 5 nitrogen and oxygen atoms in total. The molecule has 0 aromatic carbocycles. The van der Waals surface area contributed by atoms with E-state index < -0.39 is 5.60 Å². The van der Waals surface area contributed by atoms with Gasteiger partial charge in [-0.15, -0.1) is 0 Å². The van der Waals surface area contributed by atoms with Gasteiger partial charge in [-0.05, 0) is 37.3 Å². The third kappa shape index (κ3) is 4.98. The molecule has 0 aliphatic rings. The molecule has 3 N–H and O–H groups in total. The summed E-state index contributed by atoms with van der Waals surface area (Å²) in [4.78, 5) is 16.5. The number of carbonyl (C=O) groups excluding carboxylic acids is 1. The first-order valence-electron chi connectivity index (χ1n) is 7.83. The van der Waals surface area contributed by atoms with E-state index >= 15 is 0 Å². The van der Waals surface area contributed by atoms with E-state index in [1.54, 1.807) is 13.1 Å². The van der Waals surface area contributed by atoms with E-state index in [4.69, 9.17) is 0 Å². The van der Waals surface area contributed by atoms with Crippen LogP contribution in [0.15, 0.2) is 18.3 Å². The molecule has 124 valence electrons. The van der Waals surface area contributed by atoms with E-state index in [9.17, 15) is 9.90 Å². The molecule has 2 amide bonds. The van der Waals surface area contributed by atoms with Gasteiger partial charge in [0.25, 0.3) is 0 Å². The fraction of sp³-hybridized carbons (Fsp3) is 0.647. The predicted octanol–water partition coefficient (Wildman–Crippen LogP) is 2.79. The van der Waals surface area contributed by atoms with Gasteiger partial charge in [-0.3, -0.25) is 4.98 Å². The van der Waals surface area contributed by atoms with Gasteiger partial charge in [0.1, 0.15) is 0 Å². The Morgan fingerprint density at radius 1 is 1.36 bits per heavy atom. The topological polar surface area (TPSA) is 74.2 Å². The number of aliphatic hydroxyl groups is 1. The number of amides is 2. The SMILES string of the molecule is Cc1cccnc1C(NC(=O)NCC(C)(O)C(C)C)C(C)C. The van der Waals surface area contributed by atoms with Crippen molar-refractivity contribution in [2.75, 3.05) is 6.54 Å². The van der Waals surface area contributed by atoms with Crippen LogP contribution in [0.3, 0.4) is 0 Å². The number of rotatable bonds is 6. The van der Waals surface area contributed by atoms with E-state index in [1.807, 2.05) is 46.8 Å². The first-order chi connectivity index (χ1) is 10.1. The number of hydrogen-bond acceptors (Lipinski definition) is 3. The first kappa shape index (κ1) is 18.4. The Morgan fingerprint density at radius 3 is 2.50 bits per heavy atom. The van der Waals surface area contributed by atoms with Gasteiger partial charge in [0.05, 0.1) is 17.3 Å². The maximum atomic E-state index is 12.2. The zero-order chi connectivity index (χ0) is 16.9. The molecule has 0 spiro atoms. The average Bonchev–Trinajstić information content (AvgIpc) is 2.43. The Labute approximate surface area is 133 Å². The van der Waals surface area contributed by atoms with E-state index in [2.05, 4.69) is 15.6 Å². The molecule has 1 aromatic heterocycles. The summed E-state index contributed by atoms with van der Waals surface area (Å²) in [5.41, 5.74) is 1.00. The summed E-state index contributed by atoms with van der Waals surface area (Å²) in [5, 5.41) is 15.9. The minimum atomic E-state index is -0.925. The maximum Gasteiger partial charge on any atom is 0.315 e. The molecule has 0 aliphatic carbocycles. The largest absolute Gasteiger partial charge is 0.388 e. The minimum absolute atomic E-state index is 0.0618. The Balaban J connectivity index is 2.73. The van der Waals surface area contributed by atoms with E-state index in [0.717, 1.165) is 11.3 Å². The fourth-order valence-corrected chi connectivity index (χ4v) is 2.03. The average molecular weight is 307 g/mol. The summed E-state index contributed by atoms with van der Waals surface area (Å²) in [5.74, 6) is 0.275. The molecule has 1 rings (SSSR count). The third-order valence-electron chi connectivity index (χ3n) is 4.15. The quantitative estimate of drug-likeness (QED) is 0.756. The van der Waals surface area contributed by atoms with Crippen molar-refractivity contribution in [1.82, 2.24) is 15.6 Å². The maximum absolute atomic E-state index is 12.2. The molecule has 5 heteroatoms. The number of urea groups is 1. The second-order valence-corrected chi connectivity index (χ2v) is 6.77. The second-order valence-electron chi connectivity index (χ2n) is 6.77. The van der Waals surface area contributed by atoms with Crippen molar-refractivity contribution in [2.45, 2.75) is 53.2 Å². The molecule has 1 aromatic rings. The van der Waals surface area contributed by atoms with Crippen LogP contribution in [0.4, 0.5) is 4.79 Å². The Bertz CT molecular complexity index is 498. The Morgan fingerprint density at radius 2 is 2.00 bits per heavy atom. The summed E-state index contributed by atoms with van der Waals surface area (Å²) in [6, 6.07) is 3.42. The smallest absolute Gasteiger partial charge is 0.315 e. The van der Waals surface area contributed by atoms with Crippen LogP contribution >= 0.6 is 0 Å². The van der Waals surface area contributed by atoms with Crippen LogP contribution in [-0.2, 0) is 0 Å². The monoisotopic (exact) mass is 307 g/mol. The molecule has 0 radical (unpaired) electrons. The first-order valence-corrected chi connectivity index (χ1v) is 7.83. The van der Waals surface area contributed by atoms with Crippen LogP contribution in [0.25, 0.3) is 0 Å². The van der Waals surface area contributed by atoms with Crippen LogP contribution in [-0.4, -0.2) is 28.3 Å². The van der Waals surface area contributed by atoms with Gasteiger partial charge in [-0.1, -0.05) is 33.8 Å². The lowest BCUT2D eigenvalue weighted by Gasteiger charge is -2.29. The minimum Gasteiger partial charge on any atom is -0.388 e. The van der Waals surface area contributed by atoms with Crippen molar-refractivity contribution < 1.29 is 9.90 Å². The van der Waals surface area contributed by atoms with E-state index in [1.165, 1.54) is 0 Å². The highest BCUT2D eigenvalue weighted by Crippen LogP contribution is 2.22. The van der Waals surface area contributed by atoms with Gasteiger partial charge in [0.2, 0.25) is 0 Å². The van der Waals surface area contributed by atoms with Crippen LogP contribution in [0.5, 0.6) is 0 Å². The predicted molar refractivity (Wildman–Crippen MR) is 88.5 cm³/mol. The zero-order valence-corrected chi connectivity index (χ0v) is 14.5. The molecule has 0 aliphatic heterocycles. The normalized spacial score (nSPS) is 15.5. The molecule has 2 unspecified atom stereocenters. The van der Waals surface area contributed by atoms with E-state index in [0.29, 0.717) is 0 Å². The summed E-state index contributed by atoms with van der Waals surface area (Å²) in [6.45, 7) is 11.9. The van der Waals surface area contributed by atoms with Gasteiger partial charge in [-0.2, -0.15) is 0 Å².